The average Bonchev–Trinajstić information content (AvgIpc) is 3.01. The third-order valence-corrected chi connectivity index (χ3v) is 5.68. The summed E-state index contributed by atoms with van der Waals surface area (Å²) in [6.45, 7) is 4.51. The van der Waals surface area contributed by atoms with Crippen molar-refractivity contribution >= 4 is 33.9 Å². The number of nitrogens with zero attached hydrogens (tertiary/aromatic N) is 3. The molecule has 1 N–H and O–H groups in total. The molecule has 0 aliphatic carbocycles. The van der Waals surface area contributed by atoms with Gasteiger partial charge in [0, 0.05) is 35.8 Å². The summed E-state index contributed by atoms with van der Waals surface area (Å²) in [4.78, 5) is 24.1. The molecule has 0 spiro atoms. The molecular formula is C22H19N3O2. The lowest BCUT2D eigenvalue weighted by atomic mass is 9.86. The van der Waals surface area contributed by atoms with E-state index in [1.807, 2.05) is 61.2 Å². The largest absolute Gasteiger partial charge is 0.374 e. The van der Waals surface area contributed by atoms with Crippen LogP contribution in [0.1, 0.15) is 27.9 Å². The summed E-state index contributed by atoms with van der Waals surface area (Å²) in [7, 11) is 0. The molecule has 1 atom stereocenters. The van der Waals surface area contributed by atoms with Crippen LogP contribution in [0.5, 0.6) is 0 Å². The smallest absolute Gasteiger partial charge is 0.204 e. The number of carbonyl (C=O) groups is 1. The number of aliphatic imine (C=N–C) groups is 1. The van der Waals surface area contributed by atoms with Crippen LogP contribution in [-0.2, 0) is 0 Å². The van der Waals surface area contributed by atoms with Gasteiger partial charge in [-0.25, -0.2) is 4.99 Å². The van der Waals surface area contributed by atoms with Crippen LogP contribution in [0.3, 0.4) is 0 Å². The monoisotopic (exact) mass is 357 g/mol. The Bertz CT molecular complexity index is 1150. The summed E-state index contributed by atoms with van der Waals surface area (Å²) in [5, 5.41) is 12.2. The van der Waals surface area contributed by atoms with Crippen LogP contribution in [0.2, 0.25) is 0 Å². The molecule has 3 heterocycles. The van der Waals surface area contributed by atoms with Gasteiger partial charge in [-0.05, 0) is 61.4 Å². The molecule has 0 bridgehead atoms. The van der Waals surface area contributed by atoms with Crippen LogP contribution in [0.25, 0.3) is 10.9 Å². The maximum absolute atomic E-state index is 13.1. The fraction of sp³-hybridized carbons (Fsp3) is 0.227. The Labute approximate surface area is 157 Å². The van der Waals surface area contributed by atoms with Gasteiger partial charge in [0.05, 0.1) is 11.2 Å². The van der Waals surface area contributed by atoms with Gasteiger partial charge in [-0.15, -0.1) is 0 Å². The number of fused-ring (bicyclic) bond motifs is 3. The van der Waals surface area contributed by atoms with Crippen molar-refractivity contribution in [2.24, 2.45) is 4.99 Å². The standard InChI is InChI=1S/C22H19N3O2/c1-13-10-17-19(11-14(13)2)24-21-22(27,20(17)26)7-9-25(21)16-5-6-18-15(12-16)4-3-8-23-18/h3-6,8,10-12,27H,7,9H2,1-2H3/t22-/m1/s1. The van der Waals surface area contributed by atoms with Crippen LogP contribution in [0.4, 0.5) is 11.4 Å². The SMILES string of the molecule is Cc1cc2c(cc1C)C(=O)[C@]1(O)CCN(c3ccc4ncccc4c3)C1=N2. The van der Waals surface area contributed by atoms with E-state index in [0.717, 1.165) is 27.7 Å². The van der Waals surface area contributed by atoms with E-state index >= 15 is 0 Å². The van der Waals surface area contributed by atoms with E-state index in [1.54, 1.807) is 6.20 Å². The van der Waals surface area contributed by atoms with E-state index < -0.39 is 5.60 Å². The van der Waals surface area contributed by atoms with Gasteiger partial charge >= 0.3 is 0 Å². The summed E-state index contributed by atoms with van der Waals surface area (Å²) in [5.74, 6) is 0.169. The van der Waals surface area contributed by atoms with Gasteiger partial charge in [-0.3, -0.25) is 9.78 Å². The summed E-state index contributed by atoms with van der Waals surface area (Å²) in [5.41, 5.74) is 3.52. The number of hydrogen-bond acceptors (Lipinski definition) is 5. The topological polar surface area (TPSA) is 65.8 Å². The Morgan fingerprint density at radius 3 is 2.78 bits per heavy atom. The molecule has 1 aromatic heterocycles. The summed E-state index contributed by atoms with van der Waals surface area (Å²) < 4.78 is 0. The Kier molecular flexibility index (Phi) is 3.27. The highest BCUT2D eigenvalue weighted by Gasteiger charge is 2.52. The summed E-state index contributed by atoms with van der Waals surface area (Å²) in [6, 6.07) is 13.6. The fourth-order valence-electron chi connectivity index (χ4n) is 3.98. The molecule has 0 saturated carbocycles. The maximum atomic E-state index is 13.1. The highest BCUT2D eigenvalue weighted by atomic mass is 16.3. The molecule has 3 aromatic rings. The molecule has 1 saturated heterocycles. The Morgan fingerprint density at radius 1 is 1.11 bits per heavy atom. The van der Waals surface area contributed by atoms with Gasteiger partial charge in [0.2, 0.25) is 5.78 Å². The Morgan fingerprint density at radius 2 is 1.93 bits per heavy atom. The molecule has 2 aliphatic rings. The summed E-state index contributed by atoms with van der Waals surface area (Å²) in [6.07, 6.45) is 2.10. The predicted octanol–water partition coefficient (Wildman–Crippen LogP) is 3.72. The molecule has 0 radical (unpaired) electrons. The van der Waals surface area contributed by atoms with Crippen molar-refractivity contribution in [3.05, 3.63) is 65.4 Å². The number of pyridine rings is 1. The van der Waals surface area contributed by atoms with Crippen molar-refractivity contribution in [3.8, 4) is 0 Å². The van der Waals surface area contributed by atoms with Crippen molar-refractivity contribution in [3.63, 3.8) is 0 Å². The zero-order valence-electron chi connectivity index (χ0n) is 15.2. The lowest BCUT2D eigenvalue weighted by Gasteiger charge is -2.30. The lowest BCUT2D eigenvalue weighted by molar-refractivity contribution is 0.0602. The molecule has 1 fully saturated rings. The third kappa shape index (κ3) is 2.25. The average molecular weight is 357 g/mol. The van der Waals surface area contributed by atoms with Crippen LogP contribution < -0.4 is 4.90 Å². The minimum absolute atomic E-state index is 0.254. The van der Waals surface area contributed by atoms with E-state index in [9.17, 15) is 9.90 Å². The number of ketones is 1. The van der Waals surface area contributed by atoms with Crippen molar-refractivity contribution in [2.75, 3.05) is 11.4 Å². The Balaban J connectivity index is 1.67. The van der Waals surface area contributed by atoms with Crippen LogP contribution in [0.15, 0.2) is 53.7 Å². The number of Topliss-reactive ketones (excluding diaryl/α,β-unsaturated/α-hetero) is 1. The molecule has 5 heteroatoms. The second kappa shape index (κ2) is 5.47. The highest BCUT2D eigenvalue weighted by molar-refractivity contribution is 6.28. The molecular weight excluding hydrogens is 338 g/mol. The number of aryl methyl sites for hydroxylation is 2. The number of aromatic nitrogens is 1. The predicted molar refractivity (Wildman–Crippen MR) is 106 cm³/mol. The first-order valence-corrected chi connectivity index (χ1v) is 9.07. The van der Waals surface area contributed by atoms with Gasteiger partial charge in [-0.2, -0.15) is 0 Å². The van der Waals surface area contributed by atoms with Crippen LogP contribution in [-0.4, -0.2) is 33.9 Å². The maximum Gasteiger partial charge on any atom is 0.204 e. The number of anilines is 1. The van der Waals surface area contributed by atoms with E-state index in [-0.39, 0.29) is 5.78 Å². The number of amidine groups is 1. The molecule has 5 nitrogen and oxygen atoms in total. The number of hydrogen-bond donors (Lipinski definition) is 1. The third-order valence-electron chi connectivity index (χ3n) is 5.68. The molecule has 27 heavy (non-hydrogen) atoms. The zero-order valence-corrected chi connectivity index (χ0v) is 15.2. The van der Waals surface area contributed by atoms with Crippen molar-refractivity contribution in [1.29, 1.82) is 0 Å². The summed E-state index contributed by atoms with van der Waals surface area (Å²) >= 11 is 0. The second-order valence-electron chi connectivity index (χ2n) is 7.36. The van der Waals surface area contributed by atoms with Crippen molar-refractivity contribution in [2.45, 2.75) is 25.9 Å². The number of benzene rings is 2. The first kappa shape index (κ1) is 16.1. The highest BCUT2D eigenvalue weighted by Crippen LogP contribution is 2.40. The van der Waals surface area contributed by atoms with Gasteiger partial charge in [-0.1, -0.05) is 6.07 Å². The molecule has 5 rings (SSSR count). The van der Waals surface area contributed by atoms with E-state index in [2.05, 4.69) is 4.98 Å². The quantitative estimate of drug-likeness (QED) is 0.721. The molecule has 2 aliphatic heterocycles. The van der Waals surface area contributed by atoms with E-state index in [4.69, 9.17) is 4.99 Å². The molecule has 134 valence electrons. The number of aliphatic hydroxyl groups is 1. The fourth-order valence-corrected chi connectivity index (χ4v) is 3.98. The van der Waals surface area contributed by atoms with Crippen molar-refractivity contribution in [1.82, 2.24) is 4.98 Å². The zero-order chi connectivity index (χ0) is 18.8. The molecule has 0 unspecified atom stereocenters. The minimum atomic E-state index is -1.56. The number of carbonyl (C=O) groups excluding carboxylic acids is 1. The van der Waals surface area contributed by atoms with Gasteiger partial charge in [0.15, 0.2) is 5.60 Å². The first-order valence-electron chi connectivity index (χ1n) is 9.07. The van der Waals surface area contributed by atoms with E-state index in [0.29, 0.717) is 30.1 Å². The lowest BCUT2D eigenvalue weighted by Crippen LogP contribution is -2.48. The van der Waals surface area contributed by atoms with Gasteiger partial charge in [0.1, 0.15) is 5.84 Å². The first-order chi connectivity index (χ1) is 13.0. The van der Waals surface area contributed by atoms with Crippen LogP contribution >= 0.6 is 0 Å². The molecule has 2 aromatic carbocycles. The van der Waals surface area contributed by atoms with Crippen molar-refractivity contribution < 1.29 is 9.90 Å². The van der Waals surface area contributed by atoms with E-state index in [1.165, 1.54) is 0 Å². The Hall–Kier alpha value is -3.05. The number of rotatable bonds is 1. The normalized spacial score (nSPS) is 21.2. The molecule has 0 amide bonds. The van der Waals surface area contributed by atoms with Gasteiger partial charge < -0.3 is 10.0 Å². The minimum Gasteiger partial charge on any atom is -0.374 e. The second-order valence-corrected chi connectivity index (χ2v) is 7.36. The van der Waals surface area contributed by atoms with Crippen LogP contribution in [0, 0.1) is 13.8 Å². The van der Waals surface area contributed by atoms with Gasteiger partial charge in [0.25, 0.3) is 0 Å².